The maximum atomic E-state index is 11.5. The number of nitrogens with one attached hydrogen (secondary N) is 1. The van der Waals surface area contributed by atoms with Crippen molar-refractivity contribution in [1.29, 1.82) is 0 Å². The molecule has 0 aliphatic heterocycles. The Morgan fingerprint density at radius 3 is 3.00 bits per heavy atom. The number of hydrogen-bond donors (Lipinski definition) is 2. The summed E-state index contributed by atoms with van der Waals surface area (Å²) in [6.45, 7) is 5.26. The molecule has 0 saturated carbocycles. The Labute approximate surface area is 98.7 Å². The Kier molecular flexibility index (Phi) is 4.39. The van der Waals surface area contributed by atoms with Crippen LogP contribution in [0.1, 0.15) is 12.1 Å². The largest absolute Gasteiger partial charge is 0.320 e. The number of hydrogen-bond acceptors (Lipinski definition) is 4. The molecule has 0 aliphatic carbocycles. The number of carbonyl (C=O) groups is 1. The Balaban J connectivity index is 2.72. The molecule has 1 atom stereocenters. The number of nitrogens with two attached hydrogens (primary N) is 1. The van der Waals surface area contributed by atoms with Crippen molar-refractivity contribution in [2.75, 3.05) is 5.32 Å². The quantitative estimate of drug-likeness (QED) is 0.614. The number of rotatable bonds is 4. The molecule has 0 radical (unpaired) electrons. The first-order valence-corrected chi connectivity index (χ1v) is 5.09. The van der Waals surface area contributed by atoms with Crippen molar-refractivity contribution in [1.82, 2.24) is 9.97 Å². The summed E-state index contributed by atoms with van der Waals surface area (Å²) in [7, 11) is 0. The fraction of sp³-hybridized carbons (Fsp3) is 0.300. The third-order valence-corrected chi connectivity index (χ3v) is 2.01. The molecule has 1 unspecified atom stereocenters. The van der Waals surface area contributed by atoms with Crippen LogP contribution >= 0.6 is 11.6 Å². The van der Waals surface area contributed by atoms with E-state index in [1.807, 2.05) is 0 Å². The van der Waals surface area contributed by atoms with Gasteiger partial charge in [-0.1, -0.05) is 17.7 Å². The molecule has 1 amide bonds. The fourth-order valence-corrected chi connectivity index (χ4v) is 1.31. The first kappa shape index (κ1) is 12.6. The van der Waals surface area contributed by atoms with Crippen LogP contribution < -0.4 is 11.1 Å². The summed E-state index contributed by atoms with van der Waals surface area (Å²) >= 11 is 5.72. The average Bonchev–Trinajstić information content (AvgIpc) is 2.16. The molecule has 1 heterocycles. The molecule has 3 N–H and O–H groups in total. The van der Waals surface area contributed by atoms with Gasteiger partial charge in [-0.3, -0.25) is 10.1 Å². The molecular weight excluding hydrogens is 228 g/mol. The fourth-order valence-electron chi connectivity index (χ4n) is 1.08. The number of aryl methyl sites for hydroxylation is 1. The van der Waals surface area contributed by atoms with Crippen molar-refractivity contribution < 1.29 is 4.79 Å². The topological polar surface area (TPSA) is 80.9 Å². The Morgan fingerprint density at radius 1 is 1.75 bits per heavy atom. The summed E-state index contributed by atoms with van der Waals surface area (Å²) in [6.07, 6.45) is 1.97. The molecule has 0 spiro atoms. The number of aromatic nitrogens is 2. The third kappa shape index (κ3) is 3.60. The zero-order chi connectivity index (χ0) is 12.1. The molecule has 0 aromatic carbocycles. The minimum Gasteiger partial charge on any atom is -0.320 e. The highest BCUT2D eigenvalue weighted by molar-refractivity contribution is 6.29. The lowest BCUT2D eigenvalue weighted by Gasteiger charge is -2.09. The standard InChI is InChI=1S/C10H13ClN4O/c1-3-4-7(12)9(16)15-10-13-6(2)5-8(11)14-10/h3,5,7H,1,4,12H2,2H3,(H,13,14,15,16). The smallest absolute Gasteiger partial charge is 0.243 e. The van der Waals surface area contributed by atoms with Crippen LogP contribution in [0.5, 0.6) is 0 Å². The predicted molar refractivity (Wildman–Crippen MR) is 63.2 cm³/mol. The van der Waals surface area contributed by atoms with E-state index in [9.17, 15) is 4.79 Å². The lowest BCUT2D eigenvalue weighted by Crippen LogP contribution is -2.35. The highest BCUT2D eigenvalue weighted by Crippen LogP contribution is 2.09. The monoisotopic (exact) mass is 240 g/mol. The summed E-state index contributed by atoms with van der Waals surface area (Å²) < 4.78 is 0. The molecule has 0 aliphatic rings. The van der Waals surface area contributed by atoms with Gasteiger partial charge in [-0.25, -0.2) is 9.97 Å². The molecule has 86 valence electrons. The number of anilines is 1. The van der Waals surface area contributed by atoms with Crippen molar-refractivity contribution in [2.24, 2.45) is 5.73 Å². The van der Waals surface area contributed by atoms with E-state index in [0.29, 0.717) is 12.1 Å². The van der Waals surface area contributed by atoms with Gasteiger partial charge in [0.2, 0.25) is 11.9 Å². The van der Waals surface area contributed by atoms with E-state index in [1.54, 1.807) is 19.1 Å². The number of nitrogens with zero attached hydrogens (tertiary/aromatic N) is 2. The maximum absolute atomic E-state index is 11.5. The van der Waals surface area contributed by atoms with Crippen molar-refractivity contribution in [2.45, 2.75) is 19.4 Å². The first-order chi connectivity index (χ1) is 7.52. The second-order valence-electron chi connectivity index (χ2n) is 3.28. The predicted octanol–water partition coefficient (Wildman–Crippen LogP) is 1.28. The molecule has 5 nitrogen and oxygen atoms in total. The van der Waals surface area contributed by atoms with Crippen molar-refractivity contribution >= 4 is 23.5 Å². The van der Waals surface area contributed by atoms with E-state index in [0.717, 1.165) is 0 Å². The second kappa shape index (κ2) is 5.58. The van der Waals surface area contributed by atoms with Crippen LogP contribution in [0.2, 0.25) is 5.15 Å². The number of carbonyl (C=O) groups excluding carboxylic acids is 1. The van der Waals surface area contributed by atoms with Gasteiger partial charge in [0, 0.05) is 5.69 Å². The molecule has 1 aromatic heterocycles. The normalized spacial score (nSPS) is 11.9. The minimum atomic E-state index is -0.652. The van der Waals surface area contributed by atoms with Gasteiger partial charge in [0.1, 0.15) is 5.15 Å². The molecule has 16 heavy (non-hydrogen) atoms. The Morgan fingerprint density at radius 2 is 2.44 bits per heavy atom. The summed E-state index contributed by atoms with van der Waals surface area (Å²) in [4.78, 5) is 19.4. The SMILES string of the molecule is C=CCC(N)C(=O)Nc1nc(C)cc(Cl)n1. The van der Waals surface area contributed by atoms with Crippen LogP contribution in [0.15, 0.2) is 18.7 Å². The zero-order valence-electron chi connectivity index (χ0n) is 8.90. The summed E-state index contributed by atoms with van der Waals surface area (Å²) in [5.74, 6) is -0.198. The molecule has 0 saturated heterocycles. The lowest BCUT2D eigenvalue weighted by atomic mass is 10.2. The van der Waals surface area contributed by atoms with Gasteiger partial charge in [0.15, 0.2) is 0 Å². The van der Waals surface area contributed by atoms with E-state index < -0.39 is 6.04 Å². The van der Waals surface area contributed by atoms with E-state index in [2.05, 4.69) is 21.9 Å². The first-order valence-electron chi connectivity index (χ1n) is 4.71. The van der Waals surface area contributed by atoms with Crippen molar-refractivity contribution in [3.8, 4) is 0 Å². The van der Waals surface area contributed by atoms with Gasteiger partial charge in [-0.2, -0.15) is 0 Å². The Hall–Kier alpha value is -1.46. The molecule has 1 rings (SSSR count). The molecule has 6 heteroatoms. The van der Waals surface area contributed by atoms with E-state index >= 15 is 0 Å². The Bertz CT molecular complexity index is 388. The molecular formula is C10H13ClN4O. The summed E-state index contributed by atoms with van der Waals surface area (Å²) in [5, 5.41) is 2.77. The molecule has 1 aromatic rings. The number of amides is 1. The van der Waals surface area contributed by atoms with Gasteiger partial charge < -0.3 is 5.73 Å². The van der Waals surface area contributed by atoms with Crippen LogP contribution in [0.4, 0.5) is 5.95 Å². The number of halogens is 1. The lowest BCUT2D eigenvalue weighted by molar-refractivity contribution is -0.117. The molecule has 0 fully saturated rings. The highest BCUT2D eigenvalue weighted by atomic mass is 35.5. The van der Waals surface area contributed by atoms with Crippen LogP contribution in [0.3, 0.4) is 0 Å². The van der Waals surface area contributed by atoms with Crippen LogP contribution in [-0.2, 0) is 4.79 Å². The maximum Gasteiger partial charge on any atom is 0.243 e. The van der Waals surface area contributed by atoms with Crippen molar-refractivity contribution in [3.05, 3.63) is 29.6 Å². The highest BCUT2D eigenvalue weighted by Gasteiger charge is 2.13. The zero-order valence-corrected chi connectivity index (χ0v) is 9.66. The van der Waals surface area contributed by atoms with Gasteiger partial charge >= 0.3 is 0 Å². The van der Waals surface area contributed by atoms with Crippen LogP contribution in [-0.4, -0.2) is 21.9 Å². The average molecular weight is 241 g/mol. The van der Waals surface area contributed by atoms with Crippen LogP contribution in [0, 0.1) is 6.92 Å². The van der Waals surface area contributed by atoms with Crippen molar-refractivity contribution in [3.63, 3.8) is 0 Å². The third-order valence-electron chi connectivity index (χ3n) is 1.82. The van der Waals surface area contributed by atoms with Gasteiger partial charge in [0.05, 0.1) is 6.04 Å². The minimum absolute atomic E-state index is 0.162. The van der Waals surface area contributed by atoms with Gasteiger partial charge in [-0.05, 0) is 19.4 Å². The second-order valence-corrected chi connectivity index (χ2v) is 3.66. The summed E-state index contributed by atoms with van der Waals surface area (Å²) in [5.41, 5.74) is 6.25. The summed E-state index contributed by atoms with van der Waals surface area (Å²) in [6, 6.07) is 0.946. The van der Waals surface area contributed by atoms with Gasteiger partial charge in [-0.15, -0.1) is 6.58 Å². The van der Waals surface area contributed by atoms with E-state index in [4.69, 9.17) is 17.3 Å². The molecule has 0 bridgehead atoms. The van der Waals surface area contributed by atoms with Crippen LogP contribution in [0.25, 0.3) is 0 Å². The van der Waals surface area contributed by atoms with Gasteiger partial charge in [0.25, 0.3) is 0 Å². The van der Waals surface area contributed by atoms with E-state index in [1.165, 1.54) is 0 Å². The van der Waals surface area contributed by atoms with E-state index in [-0.39, 0.29) is 17.0 Å².